The number of hydrogen-bond acceptors (Lipinski definition) is 6. The lowest BCUT2D eigenvalue weighted by atomic mass is 9.96. The van der Waals surface area contributed by atoms with E-state index in [0.717, 1.165) is 57.0 Å². The van der Waals surface area contributed by atoms with Crippen LogP contribution in [0.1, 0.15) is 56.3 Å². The zero-order valence-electron chi connectivity index (χ0n) is 15.4. The molecule has 7 heteroatoms. The molecule has 0 aliphatic carbocycles. The summed E-state index contributed by atoms with van der Waals surface area (Å²) in [5.41, 5.74) is 1.89. The molecule has 0 unspecified atom stereocenters. The maximum atomic E-state index is 9.56. The summed E-state index contributed by atoms with van der Waals surface area (Å²) in [5, 5.41) is 17.7. The first-order valence-electron chi connectivity index (χ1n) is 9.22. The van der Waals surface area contributed by atoms with E-state index in [1.54, 1.807) is 6.92 Å². The van der Waals surface area contributed by atoms with E-state index in [0.29, 0.717) is 11.6 Å². The Kier molecular flexibility index (Phi) is 5.63. The monoisotopic (exact) mass is 344 g/mol. The highest BCUT2D eigenvalue weighted by Crippen LogP contribution is 2.26. The molecule has 0 aromatic carbocycles. The van der Waals surface area contributed by atoms with Crippen LogP contribution in [0.4, 0.5) is 5.82 Å². The van der Waals surface area contributed by atoms with Crippen molar-refractivity contribution in [1.29, 1.82) is 0 Å². The second kappa shape index (κ2) is 7.91. The third-order valence-corrected chi connectivity index (χ3v) is 4.83. The van der Waals surface area contributed by atoms with Gasteiger partial charge in [0.2, 0.25) is 0 Å². The second-order valence-corrected chi connectivity index (χ2v) is 6.99. The first-order valence-corrected chi connectivity index (χ1v) is 9.22. The van der Waals surface area contributed by atoms with Gasteiger partial charge in [-0.25, -0.2) is 9.97 Å². The molecule has 1 aliphatic rings. The molecule has 0 saturated carbocycles. The molecule has 3 heterocycles. The van der Waals surface area contributed by atoms with E-state index < -0.39 is 6.10 Å². The molecule has 7 nitrogen and oxygen atoms in total. The summed E-state index contributed by atoms with van der Waals surface area (Å²) in [6, 6.07) is 0. The van der Waals surface area contributed by atoms with Crippen LogP contribution in [0.3, 0.4) is 0 Å². The van der Waals surface area contributed by atoms with E-state index in [4.69, 9.17) is 4.98 Å². The van der Waals surface area contributed by atoms with Crippen LogP contribution in [-0.2, 0) is 13.0 Å². The quantitative estimate of drug-likeness (QED) is 0.866. The summed E-state index contributed by atoms with van der Waals surface area (Å²) in [6.07, 6.45) is 7.62. The standard InChI is InChI=1S/C18H28N6O/c1-4-5-16-10-19-14(3)20-18(16)23-8-6-15(7-9-23)11-24-12-17(13(2)25)21-22-24/h10,12-13,15,25H,4-9,11H2,1-3H3/t13-/m1/s1. The van der Waals surface area contributed by atoms with Crippen LogP contribution in [0.2, 0.25) is 0 Å². The highest BCUT2D eigenvalue weighted by molar-refractivity contribution is 5.46. The van der Waals surface area contributed by atoms with Crippen molar-refractivity contribution in [1.82, 2.24) is 25.0 Å². The van der Waals surface area contributed by atoms with Crippen LogP contribution in [0.5, 0.6) is 0 Å². The predicted octanol–water partition coefficient (Wildman–Crippen LogP) is 2.30. The number of nitrogens with zero attached hydrogens (tertiary/aromatic N) is 6. The largest absolute Gasteiger partial charge is 0.387 e. The van der Waals surface area contributed by atoms with Gasteiger partial charge >= 0.3 is 0 Å². The van der Waals surface area contributed by atoms with Gasteiger partial charge in [-0.15, -0.1) is 5.10 Å². The normalized spacial score (nSPS) is 17.0. The van der Waals surface area contributed by atoms with Gasteiger partial charge in [-0.2, -0.15) is 0 Å². The number of hydrogen-bond donors (Lipinski definition) is 1. The summed E-state index contributed by atoms with van der Waals surface area (Å²) in [5.74, 6) is 2.53. The van der Waals surface area contributed by atoms with Crippen LogP contribution in [-0.4, -0.2) is 43.2 Å². The van der Waals surface area contributed by atoms with Crippen molar-refractivity contribution < 1.29 is 5.11 Å². The minimum atomic E-state index is -0.561. The average Bonchev–Trinajstić information content (AvgIpc) is 3.06. The van der Waals surface area contributed by atoms with E-state index in [9.17, 15) is 5.11 Å². The van der Waals surface area contributed by atoms with Crippen molar-refractivity contribution in [2.45, 2.75) is 59.1 Å². The molecule has 0 radical (unpaired) electrons. The third kappa shape index (κ3) is 4.34. The number of aryl methyl sites for hydroxylation is 2. The van der Waals surface area contributed by atoms with Crippen LogP contribution in [0, 0.1) is 12.8 Å². The van der Waals surface area contributed by atoms with Gasteiger partial charge in [0.25, 0.3) is 0 Å². The molecule has 1 atom stereocenters. The van der Waals surface area contributed by atoms with Crippen molar-refractivity contribution in [2.24, 2.45) is 5.92 Å². The summed E-state index contributed by atoms with van der Waals surface area (Å²) < 4.78 is 1.86. The number of anilines is 1. The first-order chi connectivity index (χ1) is 12.1. The number of aromatic nitrogens is 5. The molecule has 25 heavy (non-hydrogen) atoms. The number of aliphatic hydroxyl groups excluding tert-OH is 1. The Bertz CT molecular complexity index is 691. The molecule has 0 bridgehead atoms. The van der Waals surface area contributed by atoms with Gasteiger partial charge < -0.3 is 10.0 Å². The Morgan fingerprint density at radius 2 is 2.08 bits per heavy atom. The minimum absolute atomic E-state index is 0.561. The molecular weight excluding hydrogens is 316 g/mol. The van der Waals surface area contributed by atoms with Crippen LogP contribution in [0.15, 0.2) is 12.4 Å². The SMILES string of the molecule is CCCc1cnc(C)nc1N1CCC(Cn2cc([C@@H](C)O)nn2)CC1. The number of aliphatic hydroxyl groups is 1. The molecule has 2 aromatic rings. The number of rotatable bonds is 6. The van der Waals surface area contributed by atoms with Crippen molar-refractivity contribution >= 4 is 5.82 Å². The van der Waals surface area contributed by atoms with Crippen LogP contribution >= 0.6 is 0 Å². The van der Waals surface area contributed by atoms with Gasteiger partial charge in [0, 0.05) is 31.4 Å². The van der Waals surface area contributed by atoms with Gasteiger partial charge in [-0.1, -0.05) is 18.6 Å². The third-order valence-electron chi connectivity index (χ3n) is 4.83. The fourth-order valence-corrected chi connectivity index (χ4v) is 3.39. The summed E-state index contributed by atoms with van der Waals surface area (Å²) in [4.78, 5) is 11.5. The van der Waals surface area contributed by atoms with Gasteiger partial charge in [0.05, 0.1) is 12.3 Å². The van der Waals surface area contributed by atoms with E-state index in [2.05, 4.69) is 27.1 Å². The molecule has 0 amide bonds. The lowest BCUT2D eigenvalue weighted by Crippen LogP contribution is -2.36. The molecule has 136 valence electrons. The van der Waals surface area contributed by atoms with Crippen molar-refractivity contribution in [3.05, 3.63) is 29.5 Å². The fraction of sp³-hybridized carbons (Fsp3) is 0.667. The van der Waals surface area contributed by atoms with Crippen LogP contribution in [0.25, 0.3) is 0 Å². The zero-order chi connectivity index (χ0) is 17.8. The van der Waals surface area contributed by atoms with Crippen LogP contribution < -0.4 is 4.90 Å². The summed E-state index contributed by atoms with van der Waals surface area (Å²) >= 11 is 0. The highest BCUT2D eigenvalue weighted by atomic mass is 16.3. The molecule has 1 N–H and O–H groups in total. The molecule has 0 spiro atoms. The maximum absolute atomic E-state index is 9.56. The lowest BCUT2D eigenvalue weighted by molar-refractivity contribution is 0.194. The van der Waals surface area contributed by atoms with Crippen molar-refractivity contribution in [3.8, 4) is 0 Å². The Balaban J connectivity index is 1.61. The zero-order valence-corrected chi connectivity index (χ0v) is 15.4. The smallest absolute Gasteiger partial charge is 0.135 e. The fourth-order valence-electron chi connectivity index (χ4n) is 3.39. The molecule has 1 aliphatic heterocycles. The highest BCUT2D eigenvalue weighted by Gasteiger charge is 2.23. The Morgan fingerprint density at radius 1 is 1.32 bits per heavy atom. The van der Waals surface area contributed by atoms with Crippen molar-refractivity contribution in [2.75, 3.05) is 18.0 Å². The summed E-state index contributed by atoms with van der Waals surface area (Å²) in [6.45, 7) is 8.74. The maximum Gasteiger partial charge on any atom is 0.135 e. The van der Waals surface area contributed by atoms with Gasteiger partial charge in [0.15, 0.2) is 0 Å². The summed E-state index contributed by atoms with van der Waals surface area (Å²) in [7, 11) is 0. The molecular formula is C18H28N6O. The first kappa shape index (κ1) is 17.8. The number of piperidine rings is 1. The Labute approximate surface area is 149 Å². The molecule has 3 rings (SSSR count). The molecule has 1 saturated heterocycles. The second-order valence-electron chi connectivity index (χ2n) is 6.99. The molecule has 2 aromatic heterocycles. The molecule has 1 fully saturated rings. The minimum Gasteiger partial charge on any atom is -0.387 e. The van der Waals surface area contributed by atoms with Gasteiger partial charge in [-0.3, -0.25) is 4.68 Å². The topological polar surface area (TPSA) is 80.0 Å². The Morgan fingerprint density at radius 3 is 2.72 bits per heavy atom. The lowest BCUT2D eigenvalue weighted by Gasteiger charge is -2.33. The predicted molar refractivity (Wildman–Crippen MR) is 96.4 cm³/mol. The Hall–Kier alpha value is -2.02. The van der Waals surface area contributed by atoms with Gasteiger partial charge in [-0.05, 0) is 39.0 Å². The van der Waals surface area contributed by atoms with E-state index in [-0.39, 0.29) is 0 Å². The average molecular weight is 344 g/mol. The van der Waals surface area contributed by atoms with E-state index >= 15 is 0 Å². The van der Waals surface area contributed by atoms with Gasteiger partial charge in [0.1, 0.15) is 17.3 Å². The van der Waals surface area contributed by atoms with Crippen molar-refractivity contribution in [3.63, 3.8) is 0 Å². The van der Waals surface area contributed by atoms with E-state index in [1.165, 1.54) is 5.56 Å². The van der Waals surface area contributed by atoms with E-state index in [1.807, 2.05) is 24.0 Å².